The minimum atomic E-state index is -0.387. The van der Waals surface area contributed by atoms with Crippen LogP contribution in [0.4, 0.5) is 5.95 Å². The quantitative estimate of drug-likeness (QED) is 0.783. The van der Waals surface area contributed by atoms with Crippen LogP contribution in [0.5, 0.6) is 0 Å². The van der Waals surface area contributed by atoms with Crippen molar-refractivity contribution in [3.8, 4) is 0 Å². The third kappa shape index (κ3) is 2.58. The Morgan fingerprint density at radius 1 is 1.50 bits per heavy atom. The van der Waals surface area contributed by atoms with Crippen molar-refractivity contribution < 1.29 is 4.74 Å². The molecule has 3 N–H and O–H groups in total. The van der Waals surface area contributed by atoms with Gasteiger partial charge in [0.05, 0.1) is 12.4 Å². The van der Waals surface area contributed by atoms with Crippen molar-refractivity contribution >= 4 is 40.3 Å². The number of halogens is 2. The van der Waals surface area contributed by atoms with Crippen molar-refractivity contribution in [1.29, 1.82) is 0 Å². The fraction of sp³-hybridized carbons (Fsp3) is 0.444. The molecule has 2 rings (SSSR count). The topological polar surface area (TPSA) is 98.8 Å². The summed E-state index contributed by atoms with van der Waals surface area (Å²) < 4.78 is 7.00. The molecule has 0 saturated carbocycles. The summed E-state index contributed by atoms with van der Waals surface area (Å²) in [5.74, 6) is 0.596. The van der Waals surface area contributed by atoms with Gasteiger partial charge in [0, 0.05) is 11.8 Å². The molecule has 0 atom stereocenters. The van der Waals surface area contributed by atoms with E-state index in [-0.39, 0.29) is 41.6 Å². The number of ether oxygens (including phenoxy) is 1. The molecule has 0 spiro atoms. The molecule has 18 heavy (non-hydrogen) atoms. The number of imidazole rings is 1. The highest BCUT2D eigenvalue weighted by Gasteiger charge is 2.11. The number of nitrogens with zero attached hydrogens (tertiary/aromatic N) is 3. The SMILES string of the molecule is Nc1nc2c(ncn2COC(CCl)CCl)c(=O)[nH]1. The van der Waals surface area contributed by atoms with Crippen LogP contribution in [0, 0.1) is 0 Å². The third-order valence-corrected chi connectivity index (χ3v) is 2.98. The Bertz CT molecular complexity index is 592. The number of aromatic amines is 1. The van der Waals surface area contributed by atoms with Gasteiger partial charge in [-0.25, -0.2) is 4.98 Å². The van der Waals surface area contributed by atoms with Crippen LogP contribution in [0.25, 0.3) is 11.2 Å². The lowest BCUT2D eigenvalue weighted by atomic mass is 10.5. The third-order valence-electron chi connectivity index (χ3n) is 2.29. The normalized spacial score (nSPS) is 11.5. The van der Waals surface area contributed by atoms with Gasteiger partial charge in [-0.1, -0.05) is 0 Å². The molecule has 0 aliphatic rings. The molecule has 0 saturated heterocycles. The second-order valence-electron chi connectivity index (χ2n) is 3.56. The number of nitrogen functional groups attached to an aromatic ring is 1. The summed E-state index contributed by atoms with van der Waals surface area (Å²) in [6, 6.07) is 0. The highest BCUT2D eigenvalue weighted by molar-refractivity contribution is 6.21. The van der Waals surface area contributed by atoms with Crippen molar-refractivity contribution in [2.24, 2.45) is 0 Å². The van der Waals surface area contributed by atoms with Gasteiger partial charge >= 0.3 is 0 Å². The number of rotatable bonds is 5. The Hall–Kier alpha value is -1.31. The molecule has 98 valence electrons. The van der Waals surface area contributed by atoms with Gasteiger partial charge in [0.25, 0.3) is 5.56 Å². The van der Waals surface area contributed by atoms with E-state index in [9.17, 15) is 4.79 Å². The molecule has 0 aromatic carbocycles. The summed E-state index contributed by atoms with van der Waals surface area (Å²) in [5.41, 5.74) is 5.65. The molecule has 0 bridgehead atoms. The Balaban J connectivity index is 2.27. The highest BCUT2D eigenvalue weighted by Crippen LogP contribution is 2.08. The fourth-order valence-electron chi connectivity index (χ4n) is 1.38. The minimum absolute atomic E-state index is 0.0282. The molecule has 0 radical (unpaired) electrons. The molecular weight excluding hydrogens is 281 g/mol. The minimum Gasteiger partial charge on any atom is -0.369 e. The molecule has 0 amide bonds. The second kappa shape index (κ2) is 5.55. The van der Waals surface area contributed by atoms with Gasteiger partial charge in [0.2, 0.25) is 5.95 Å². The zero-order chi connectivity index (χ0) is 13.1. The van der Waals surface area contributed by atoms with Gasteiger partial charge < -0.3 is 10.5 Å². The Morgan fingerprint density at radius 2 is 2.22 bits per heavy atom. The van der Waals surface area contributed by atoms with E-state index in [1.165, 1.54) is 6.33 Å². The lowest BCUT2D eigenvalue weighted by molar-refractivity contribution is 0.0344. The number of hydrogen-bond donors (Lipinski definition) is 2. The molecule has 0 aliphatic heterocycles. The first-order valence-electron chi connectivity index (χ1n) is 5.10. The van der Waals surface area contributed by atoms with E-state index in [0.717, 1.165) is 0 Å². The Morgan fingerprint density at radius 3 is 2.89 bits per heavy atom. The molecule has 0 fully saturated rings. The molecule has 2 aromatic heterocycles. The van der Waals surface area contributed by atoms with E-state index in [1.807, 2.05) is 0 Å². The van der Waals surface area contributed by atoms with Crippen LogP contribution in [0.2, 0.25) is 0 Å². The molecule has 0 unspecified atom stereocenters. The number of fused-ring (bicyclic) bond motifs is 1. The summed E-state index contributed by atoms with van der Waals surface area (Å²) in [7, 11) is 0. The predicted octanol–water partition coefficient (Wildman–Crippen LogP) is 0.522. The number of alkyl halides is 2. The number of anilines is 1. The van der Waals surface area contributed by atoms with E-state index >= 15 is 0 Å². The van der Waals surface area contributed by atoms with E-state index in [1.54, 1.807) is 4.57 Å². The average molecular weight is 292 g/mol. The lowest BCUT2D eigenvalue weighted by Gasteiger charge is -2.12. The van der Waals surface area contributed by atoms with Crippen LogP contribution in [-0.2, 0) is 11.5 Å². The average Bonchev–Trinajstić information content (AvgIpc) is 2.74. The summed E-state index contributed by atoms with van der Waals surface area (Å²) >= 11 is 11.3. The first-order chi connectivity index (χ1) is 8.65. The van der Waals surface area contributed by atoms with Crippen LogP contribution in [0.15, 0.2) is 11.1 Å². The zero-order valence-corrected chi connectivity index (χ0v) is 10.8. The number of H-pyrrole nitrogens is 1. The van der Waals surface area contributed by atoms with Crippen LogP contribution >= 0.6 is 23.2 Å². The van der Waals surface area contributed by atoms with Gasteiger partial charge in [-0.05, 0) is 0 Å². The van der Waals surface area contributed by atoms with Crippen molar-refractivity contribution in [3.63, 3.8) is 0 Å². The lowest BCUT2D eigenvalue weighted by Crippen LogP contribution is -2.19. The zero-order valence-electron chi connectivity index (χ0n) is 9.27. The van der Waals surface area contributed by atoms with E-state index in [0.29, 0.717) is 5.65 Å². The van der Waals surface area contributed by atoms with E-state index in [2.05, 4.69) is 15.0 Å². The maximum Gasteiger partial charge on any atom is 0.280 e. The summed E-state index contributed by atoms with van der Waals surface area (Å²) in [5, 5.41) is 0. The predicted molar refractivity (Wildman–Crippen MR) is 68.9 cm³/mol. The highest BCUT2D eigenvalue weighted by atomic mass is 35.5. The molecule has 7 nitrogen and oxygen atoms in total. The number of nitrogens with one attached hydrogen (secondary N) is 1. The van der Waals surface area contributed by atoms with Gasteiger partial charge in [0.1, 0.15) is 6.73 Å². The van der Waals surface area contributed by atoms with Crippen molar-refractivity contribution in [2.45, 2.75) is 12.8 Å². The van der Waals surface area contributed by atoms with Crippen molar-refractivity contribution in [1.82, 2.24) is 19.5 Å². The summed E-state index contributed by atoms with van der Waals surface area (Å²) in [6.07, 6.45) is 1.18. The van der Waals surface area contributed by atoms with Gasteiger partial charge in [-0.3, -0.25) is 14.3 Å². The second-order valence-corrected chi connectivity index (χ2v) is 4.18. The molecular formula is C9H11Cl2N5O2. The largest absolute Gasteiger partial charge is 0.369 e. The van der Waals surface area contributed by atoms with Crippen LogP contribution in [0.3, 0.4) is 0 Å². The molecule has 2 heterocycles. The van der Waals surface area contributed by atoms with Gasteiger partial charge in [0.15, 0.2) is 11.2 Å². The summed E-state index contributed by atoms with van der Waals surface area (Å²) in [4.78, 5) is 21.8. The first kappa shape index (κ1) is 13.1. The van der Waals surface area contributed by atoms with Crippen molar-refractivity contribution in [2.75, 3.05) is 17.5 Å². The Labute approximate surface area is 112 Å². The Kier molecular flexibility index (Phi) is 4.05. The van der Waals surface area contributed by atoms with Crippen LogP contribution < -0.4 is 11.3 Å². The summed E-state index contributed by atoms with van der Waals surface area (Å²) in [6.45, 7) is 0.149. The monoisotopic (exact) mass is 291 g/mol. The maximum atomic E-state index is 11.5. The molecule has 9 heteroatoms. The van der Waals surface area contributed by atoms with Crippen LogP contribution in [0.1, 0.15) is 0 Å². The number of aromatic nitrogens is 4. The fourth-order valence-corrected chi connectivity index (χ4v) is 1.89. The van der Waals surface area contributed by atoms with E-state index in [4.69, 9.17) is 33.7 Å². The first-order valence-corrected chi connectivity index (χ1v) is 6.16. The van der Waals surface area contributed by atoms with Crippen molar-refractivity contribution in [3.05, 3.63) is 16.7 Å². The number of nitrogens with two attached hydrogens (primary N) is 1. The number of hydrogen-bond acceptors (Lipinski definition) is 5. The molecule has 0 aliphatic carbocycles. The van der Waals surface area contributed by atoms with Gasteiger partial charge in [-0.15, -0.1) is 23.2 Å². The van der Waals surface area contributed by atoms with E-state index < -0.39 is 0 Å². The smallest absolute Gasteiger partial charge is 0.280 e. The molecule has 2 aromatic rings. The van der Waals surface area contributed by atoms with Gasteiger partial charge in [-0.2, -0.15) is 4.98 Å². The maximum absolute atomic E-state index is 11.5. The van der Waals surface area contributed by atoms with Crippen LogP contribution in [-0.4, -0.2) is 37.4 Å². The standard InChI is InChI=1S/C9H11Cl2N5O2/c10-1-5(2-11)18-4-16-3-13-6-7(16)14-9(12)15-8(6)17/h3,5H,1-2,4H2,(H3,12,14,15,17).